The Labute approximate surface area is 89.7 Å². The van der Waals surface area contributed by atoms with E-state index in [-0.39, 0.29) is 12.0 Å². The molecule has 0 fully saturated rings. The Morgan fingerprint density at radius 1 is 1.31 bits per heavy atom. The first-order valence-corrected chi connectivity index (χ1v) is 4.56. The zero-order valence-electron chi connectivity index (χ0n) is 8.26. The minimum absolute atomic E-state index is 0.133. The lowest BCUT2D eigenvalue weighted by Gasteiger charge is -2.12. The lowest BCUT2D eigenvalue weighted by molar-refractivity contribution is -0.137. The van der Waals surface area contributed by atoms with Crippen LogP contribution in [0.5, 0.6) is 0 Å². The van der Waals surface area contributed by atoms with Gasteiger partial charge in [-0.3, -0.25) is 0 Å². The molecule has 1 aromatic carbocycles. The Morgan fingerprint density at radius 2 is 1.94 bits per heavy atom. The van der Waals surface area contributed by atoms with Gasteiger partial charge in [0.1, 0.15) is 5.82 Å². The van der Waals surface area contributed by atoms with Crippen LogP contribution in [0.4, 0.5) is 17.6 Å². The molecule has 1 rings (SSSR count). The zero-order chi connectivity index (χ0) is 12.3. The molecule has 0 radical (unpaired) electrons. The third-order valence-electron chi connectivity index (χ3n) is 2.09. The smallest absolute Gasteiger partial charge is 0.395 e. The van der Waals surface area contributed by atoms with Crippen LogP contribution in [0, 0.1) is 5.82 Å². The van der Waals surface area contributed by atoms with E-state index in [9.17, 15) is 17.6 Å². The highest BCUT2D eigenvalue weighted by Crippen LogP contribution is 2.30. The van der Waals surface area contributed by atoms with Crippen molar-refractivity contribution in [3.63, 3.8) is 0 Å². The van der Waals surface area contributed by atoms with Gasteiger partial charge in [0, 0.05) is 6.04 Å². The molecule has 1 aromatic rings. The van der Waals surface area contributed by atoms with Gasteiger partial charge >= 0.3 is 6.18 Å². The van der Waals surface area contributed by atoms with Gasteiger partial charge in [-0.15, -0.1) is 0 Å². The van der Waals surface area contributed by atoms with E-state index >= 15 is 0 Å². The second-order valence-corrected chi connectivity index (χ2v) is 3.45. The summed E-state index contributed by atoms with van der Waals surface area (Å²) >= 11 is 0. The summed E-state index contributed by atoms with van der Waals surface area (Å²) in [6.45, 7) is -0.407. The monoisotopic (exact) mass is 237 g/mol. The molecule has 0 aliphatic heterocycles. The Hall–Kier alpha value is -1.14. The third kappa shape index (κ3) is 3.18. The molecule has 1 unspecified atom stereocenters. The highest BCUT2D eigenvalue weighted by Gasteiger charge is 2.31. The summed E-state index contributed by atoms with van der Waals surface area (Å²) in [5.74, 6) is -0.753. The topological polar surface area (TPSA) is 46.2 Å². The maximum absolute atomic E-state index is 13.1. The number of aliphatic hydroxyl groups is 1. The average Bonchev–Trinajstić information content (AvgIpc) is 2.19. The molecule has 0 bridgehead atoms. The molecule has 3 N–H and O–H groups in total. The molecule has 90 valence electrons. The van der Waals surface area contributed by atoms with E-state index in [1.807, 2.05) is 0 Å². The summed E-state index contributed by atoms with van der Waals surface area (Å²) in [6.07, 6.45) is -4.64. The molecule has 0 aromatic heterocycles. The standard InChI is InChI=1S/C10H11F4NO/c11-9-2-1-7(10(12,13)14)3-6(9)4-8(15)5-16/h1-3,8,16H,4-5,15H2. The molecule has 0 heterocycles. The predicted molar refractivity (Wildman–Crippen MR) is 50.2 cm³/mol. The number of alkyl halides is 3. The van der Waals surface area contributed by atoms with Crippen LogP contribution in [-0.2, 0) is 12.6 Å². The zero-order valence-corrected chi connectivity index (χ0v) is 8.26. The lowest BCUT2D eigenvalue weighted by atomic mass is 10.0. The highest BCUT2D eigenvalue weighted by atomic mass is 19.4. The third-order valence-corrected chi connectivity index (χ3v) is 2.09. The van der Waals surface area contributed by atoms with E-state index < -0.39 is 30.2 Å². The van der Waals surface area contributed by atoms with Gasteiger partial charge in [0.15, 0.2) is 0 Å². The van der Waals surface area contributed by atoms with Gasteiger partial charge in [-0.2, -0.15) is 13.2 Å². The van der Waals surface area contributed by atoms with E-state index in [0.29, 0.717) is 12.1 Å². The van der Waals surface area contributed by atoms with Crippen LogP contribution in [0.25, 0.3) is 0 Å². The second kappa shape index (κ2) is 4.80. The number of rotatable bonds is 3. The van der Waals surface area contributed by atoms with Crippen LogP contribution >= 0.6 is 0 Å². The summed E-state index contributed by atoms with van der Waals surface area (Å²) in [7, 11) is 0. The number of halogens is 4. The molecule has 0 aliphatic carbocycles. The minimum atomic E-state index is -4.51. The van der Waals surface area contributed by atoms with E-state index in [1.54, 1.807) is 0 Å². The molecule has 0 amide bonds. The molecule has 1 atom stereocenters. The molecule has 16 heavy (non-hydrogen) atoms. The Kier molecular flexibility index (Phi) is 3.88. The van der Waals surface area contributed by atoms with Crippen LogP contribution in [0.15, 0.2) is 18.2 Å². The van der Waals surface area contributed by atoms with E-state index in [0.717, 1.165) is 6.07 Å². The number of nitrogens with two attached hydrogens (primary N) is 1. The first kappa shape index (κ1) is 12.9. The van der Waals surface area contributed by atoms with E-state index in [1.165, 1.54) is 0 Å². The summed E-state index contributed by atoms with van der Waals surface area (Å²) in [4.78, 5) is 0. The van der Waals surface area contributed by atoms with Crippen molar-refractivity contribution < 1.29 is 22.7 Å². The van der Waals surface area contributed by atoms with Gasteiger partial charge in [0.2, 0.25) is 0 Å². The minimum Gasteiger partial charge on any atom is -0.395 e. The van der Waals surface area contributed by atoms with Crippen molar-refractivity contribution in [1.82, 2.24) is 0 Å². The van der Waals surface area contributed by atoms with Crippen molar-refractivity contribution in [2.45, 2.75) is 18.6 Å². The summed E-state index contributed by atoms with van der Waals surface area (Å²) in [5.41, 5.74) is 4.27. The van der Waals surface area contributed by atoms with Crippen molar-refractivity contribution in [3.8, 4) is 0 Å². The van der Waals surface area contributed by atoms with Crippen LogP contribution in [0.1, 0.15) is 11.1 Å². The fourth-order valence-electron chi connectivity index (χ4n) is 1.25. The van der Waals surface area contributed by atoms with Gasteiger partial charge in [-0.05, 0) is 30.2 Å². The van der Waals surface area contributed by atoms with Gasteiger partial charge in [-0.25, -0.2) is 4.39 Å². The van der Waals surface area contributed by atoms with Gasteiger partial charge < -0.3 is 10.8 Å². The molecule has 0 spiro atoms. The molecule has 0 saturated heterocycles. The molecule has 6 heteroatoms. The quantitative estimate of drug-likeness (QED) is 0.786. The van der Waals surface area contributed by atoms with Gasteiger partial charge in [0.25, 0.3) is 0 Å². The molecule has 0 aliphatic rings. The molecular formula is C10H11F4NO. The first-order valence-electron chi connectivity index (χ1n) is 4.56. The van der Waals surface area contributed by atoms with Crippen molar-refractivity contribution >= 4 is 0 Å². The SMILES string of the molecule is NC(CO)Cc1cc(C(F)(F)F)ccc1F. The first-order chi connectivity index (χ1) is 7.34. The second-order valence-electron chi connectivity index (χ2n) is 3.45. The fourth-order valence-corrected chi connectivity index (χ4v) is 1.25. The normalized spacial score (nSPS) is 13.9. The number of benzene rings is 1. The van der Waals surface area contributed by atoms with Crippen LogP contribution in [-0.4, -0.2) is 17.8 Å². The summed E-state index contributed by atoms with van der Waals surface area (Å²) < 4.78 is 50.1. The van der Waals surface area contributed by atoms with Gasteiger partial charge in [-0.1, -0.05) is 0 Å². The van der Waals surface area contributed by atoms with E-state index in [2.05, 4.69) is 0 Å². The van der Waals surface area contributed by atoms with Crippen molar-refractivity contribution in [2.75, 3.05) is 6.61 Å². The van der Waals surface area contributed by atoms with Crippen LogP contribution in [0.3, 0.4) is 0 Å². The average molecular weight is 237 g/mol. The maximum Gasteiger partial charge on any atom is 0.416 e. The van der Waals surface area contributed by atoms with Crippen LogP contribution in [0.2, 0.25) is 0 Å². The van der Waals surface area contributed by atoms with Crippen LogP contribution < -0.4 is 5.73 Å². The molecular weight excluding hydrogens is 226 g/mol. The molecule has 0 saturated carbocycles. The Bertz CT molecular complexity index is 364. The summed E-state index contributed by atoms with van der Waals surface area (Å²) in [5, 5.41) is 8.65. The lowest BCUT2D eigenvalue weighted by Crippen LogP contribution is -2.27. The Morgan fingerprint density at radius 3 is 2.44 bits per heavy atom. The van der Waals surface area contributed by atoms with Gasteiger partial charge in [0.05, 0.1) is 12.2 Å². The fraction of sp³-hybridized carbons (Fsp3) is 0.400. The largest absolute Gasteiger partial charge is 0.416 e. The number of hydrogen-bond donors (Lipinski definition) is 2. The number of hydrogen-bond acceptors (Lipinski definition) is 2. The molecule has 2 nitrogen and oxygen atoms in total. The maximum atomic E-state index is 13.1. The predicted octanol–water partition coefficient (Wildman–Crippen LogP) is 1.71. The number of aliphatic hydroxyl groups excluding tert-OH is 1. The van der Waals surface area contributed by atoms with Crippen molar-refractivity contribution in [2.24, 2.45) is 5.73 Å². The van der Waals surface area contributed by atoms with E-state index in [4.69, 9.17) is 10.8 Å². The van der Waals surface area contributed by atoms with Crippen molar-refractivity contribution in [3.05, 3.63) is 35.1 Å². The summed E-state index contributed by atoms with van der Waals surface area (Å²) in [6, 6.07) is 1.37. The van der Waals surface area contributed by atoms with Crippen molar-refractivity contribution in [1.29, 1.82) is 0 Å². The Balaban J connectivity index is 3.00. The highest BCUT2D eigenvalue weighted by molar-refractivity contribution is 5.27.